The molecule has 0 amide bonds. The summed E-state index contributed by atoms with van der Waals surface area (Å²) < 4.78 is 0. The highest BCUT2D eigenvalue weighted by Crippen LogP contribution is 2.35. The Morgan fingerprint density at radius 1 is 1.25 bits per heavy atom. The fourth-order valence-corrected chi connectivity index (χ4v) is 3.51. The smallest absolute Gasteiger partial charge is 0.114 e. The van der Waals surface area contributed by atoms with E-state index in [2.05, 4.69) is 31.5 Å². The third-order valence-electron chi connectivity index (χ3n) is 3.12. The molecule has 1 atom stereocenters. The number of benzene rings is 1. The first kappa shape index (κ1) is 15.8. The second kappa shape index (κ2) is 6.02. The molecule has 1 aromatic carbocycles. The van der Waals surface area contributed by atoms with Gasteiger partial charge in [0.2, 0.25) is 0 Å². The summed E-state index contributed by atoms with van der Waals surface area (Å²) in [4.78, 5) is 4.75. The Hall–Kier alpha value is -0.610. The lowest BCUT2D eigenvalue weighted by molar-refractivity contribution is 0.566. The van der Waals surface area contributed by atoms with Crippen molar-refractivity contribution < 1.29 is 0 Å². The van der Waals surface area contributed by atoms with Gasteiger partial charge in [0.15, 0.2) is 0 Å². The number of hydrogen-bond donors (Lipinski definition) is 1. The van der Waals surface area contributed by atoms with Crippen molar-refractivity contribution in [1.29, 1.82) is 0 Å². The molecule has 0 bridgehead atoms. The summed E-state index contributed by atoms with van der Waals surface area (Å²) in [5.74, 6) is 0. The van der Waals surface area contributed by atoms with Gasteiger partial charge < -0.3 is 5.32 Å². The molecule has 1 N–H and O–H groups in total. The Morgan fingerprint density at radius 2 is 1.95 bits per heavy atom. The number of nitrogens with zero attached hydrogens (tertiary/aromatic N) is 1. The van der Waals surface area contributed by atoms with Gasteiger partial charge in [-0.1, -0.05) is 56.1 Å². The van der Waals surface area contributed by atoms with E-state index in [-0.39, 0.29) is 11.5 Å². The van der Waals surface area contributed by atoms with Crippen LogP contribution in [0.15, 0.2) is 23.6 Å². The predicted octanol–water partition coefficient (Wildman–Crippen LogP) is 5.06. The van der Waals surface area contributed by atoms with Crippen molar-refractivity contribution in [2.75, 3.05) is 7.05 Å². The minimum Gasteiger partial charge on any atom is -0.307 e. The first-order valence-corrected chi connectivity index (χ1v) is 8.05. The summed E-state index contributed by atoms with van der Waals surface area (Å²) in [6, 6.07) is 5.64. The second-order valence-corrected chi connectivity index (χ2v) is 7.36. The van der Waals surface area contributed by atoms with Crippen LogP contribution in [-0.4, -0.2) is 12.0 Å². The summed E-state index contributed by atoms with van der Waals surface area (Å²) in [6.45, 7) is 6.48. The molecule has 2 aromatic rings. The topological polar surface area (TPSA) is 24.9 Å². The van der Waals surface area contributed by atoms with E-state index in [1.807, 2.05) is 19.2 Å². The molecule has 5 heteroatoms. The van der Waals surface area contributed by atoms with E-state index in [1.165, 1.54) is 0 Å². The monoisotopic (exact) mass is 328 g/mol. The molecule has 0 saturated carbocycles. The van der Waals surface area contributed by atoms with Crippen LogP contribution in [0.1, 0.15) is 43.1 Å². The van der Waals surface area contributed by atoms with Crippen LogP contribution >= 0.6 is 34.5 Å². The van der Waals surface area contributed by atoms with Gasteiger partial charge in [0.05, 0.1) is 21.8 Å². The lowest BCUT2D eigenvalue weighted by Crippen LogP contribution is -2.19. The molecule has 0 aliphatic heterocycles. The van der Waals surface area contributed by atoms with Crippen LogP contribution in [0.5, 0.6) is 0 Å². The zero-order chi connectivity index (χ0) is 14.9. The molecule has 0 fully saturated rings. The van der Waals surface area contributed by atoms with Crippen molar-refractivity contribution >= 4 is 34.5 Å². The Morgan fingerprint density at radius 3 is 2.50 bits per heavy atom. The third-order valence-corrected chi connectivity index (χ3v) is 4.86. The molecule has 1 heterocycles. The normalized spacial score (nSPS) is 13.5. The Bertz CT molecular complexity index is 602. The fourth-order valence-electron chi connectivity index (χ4n) is 1.92. The van der Waals surface area contributed by atoms with Gasteiger partial charge in [-0.3, -0.25) is 0 Å². The molecule has 1 aromatic heterocycles. The molecule has 0 saturated heterocycles. The van der Waals surface area contributed by atoms with Crippen LogP contribution in [0, 0.1) is 0 Å². The van der Waals surface area contributed by atoms with Crippen LogP contribution in [0.4, 0.5) is 0 Å². The number of halogens is 2. The van der Waals surface area contributed by atoms with Crippen LogP contribution < -0.4 is 5.32 Å². The highest BCUT2D eigenvalue weighted by molar-refractivity contribution is 7.09. The van der Waals surface area contributed by atoms with Crippen molar-refractivity contribution in [3.63, 3.8) is 0 Å². The van der Waals surface area contributed by atoms with Crippen LogP contribution in [-0.2, 0) is 5.41 Å². The Kier molecular flexibility index (Phi) is 4.75. The van der Waals surface area contributed by atoms with Gasteiger partial charge in [0, 0.05) is 10.8 Å². The average Bonchev–Trinajstić information content (AvgIpc) is 2.85. The molecule has 2 nitrogen and oxygen atoms in total. The maximum atomic E-state index is 6.32. The van der Waals surface area contributed by atoms with E-state index >= 15 is 0 Å². The highest BCUT2D eigenvalue weighted by Gasteiger charge is 2.23. The van der Waals surface area contributed by atoms with Gasteiger partial charge in [-0.25, -0.2) is 4.98 Å². The molecule has 0 aliphatic carbocycles. The lowest BCUT2D eigenvalue weighted by atomic mass is 9.93. The summed E-state index contributed by atoms with van der Waals surface area (Å²) in [7, 11) is 1.90. The zero-order valence-corrected chi connectivity index (χ0v) is 14.3. The molecular weight excluding hydrogens is 311 g/mol. The van der Waals surface area contributed by atoms with Crippen molar-refractivity contribution in [1.82, 2.24) is 10.3 Å². The van der Waals surface area contributed by atoms with Gasteiger partial charge in [-0.2, -0.15) is 0 Å². The predicted molar refractivity (Wildman–Crippen MR) is 88.2 cm³/mol. The molecule has 0 aliphatic rings. The average molecular weight is 329 g/mol. The zero-order valence-electron chi connectivity index (χ0n) is 12.0. The van der Waals surface area contributed by atoms with E-state index in [0.29, 0.717) is 10.0 Å². The quantitative estimate of drug-likeness (QED) is 0.852. The second-order valence-electron chi connectivity index (χ2n) is 5.69. The summed E-state index contributed by atoms with van der Waals surface area (Å²) in [5, 5.41) is 7.53. The summed E-state index contributed by atoms with van der Waals surface area (Å²) in [5.41, 5.74) is 2.10. The van der Waals surface area contributed by atoms with Crippen molar-refractivity contribution in [3.8, 4) is 0 Å². The summed E-state index contributed by atoms with van der Waals surface area (Å²) in [6.07, 6.45) is 0. The van der Waals surface area contributed by atoms with Gasteiger partial charge in [0.25, 0.3) is 0 Å². The van der Waals surface area contributed by atoms with E-state index in [1.54, 1.807) is 17.4 Å². The molecule has 0 spiro atoms. The summed E-state index contributed by atoms with van der Waals surface area (Å²) >= 11 is 14.1. The van der Waals surface area contributed by atoms with Crippen molar-refractivity contribution in [2.24, 2.45) is 0 Å². The maximum absolute atomic E-state index is 6.32. The number of nitrogens with one attached hydrogen (secondary N) is 1. The molecule has 20 heavy (non-hydrogen) atoms. The first-order chi connectivity index (χ1) is 9.34. The van der Waals surface area contributed by atoms with E-state index in [4.69, 9.17) is 28.2 Å². The van der Waals surface area contributed by atoms with E-state index < -0.39 is 0 Å². The van der Waals surface area contributed by atoms with E-state index in [0.717, 1.165) is 16.3 Å². The Balaban J connectivity index is 2.43. The lowest BCUT2D eigenvalue weighted by Gasteiger charge is -2.17. The number of thiazole rings is 1. The minimum absolute atomic E-state index is 0.0395. The maximum Gasteiger partial charge on any atom is 0.114 e. The molecular formula is C15H18Cl2N2S. The van der Waals surface area contributed by atoms with Gasteiger partial charge >= 0.3 is 0 Å². The SMILES string of the molecule is CNC(c1nc(C(C)(C)C)cs1)c1cccc(Cl)c1Cl. The third kappa shape index (κ3) is 3.17. The van der Waals surface area contributed by atoms with Crippen LogP contribution in [0.25, 0.3) is 0 Å². The fraction of sp³-hybridized carbons (Fsp3) is 0.400. The van der Waals surface area contributed by atoms with Gasteiger partial charge in [-0.15, -0.1) is 11.3 Å². The molecule has 1 unspecified atom stereocenters. The molecule has 108 valence electrons. The molecule has 0 radical (unpaired) electrons. The standard InChI is InChI=1S/C15H18Cl2N2S/c1-15(2,3)11-8-20-14(19-11)13(18-4)9-6-5-7-10(16)12(9)17/h5-8,13,18H,1-4H3. The number of rotatable bonds is 3. The van der Waals surface area contributed by atoms with Gasteiger partial charge in [0.1, 0.15) is 5.01 Å². The largest absolute Gasteiger partial charge is 0.307 e. The van der Waals surface area contributed by atoms with Crippen molar-refractivity contribution in [2.45, 2.75) is 32.2 Å². The number of hydrogen-bond acceptors (Lipinski definition) is 3. The number of aromatic nitrogens is 1. The van der Waals surface area contributed by atoms with Crippen molar-refractivity contribution in [3.05, 3.63) is 49.9 Å². The van der Waals surface area contributed by atoms with Gasteiger partial charge in [-0.05, 0) is 18.7 Å². The Labute approximate surface area is 134 Å². The molecule has 2 rings (SSSR count). The highest BCUT2D eigenvalue weighted by atomic mass is 35.5. The minimum atomic E-state index is -0.0395. The van der Waals surface area contributed by atoms with Crippen LogP contribution in [0.3, 0.4) is 0 Å². The van der Waals surface area contributed by atoms with E-state index in [9.17, 15) is 0 Å². The van der Waals surface area contributed by atoms with Crippen LogP contribution in [0.2, 0.25) is 10.0 Å². The first-order valence-electron chi connectivity index (χ1n) is 6.41.